The largest absolute Gasteiger partial charge is 0.472 e. The average Bonchev–Trinajstić information content (AvgIpc) is 3.08. The molecule has 0 aromatic carbocycles. The lowest BCUT2D eigenvalue weighted by molar-refractivity contribution is -0.169. The van der Waals surface area contributed by atoms with Crippen LogP contribution < -0.4 is 0 Å². The Balaban J connectivity index is 1.82. The predicted molar refractivity (Wildman–Crippen MR) is 97.2 cm³/mol. The van der Waals surface area contributed by atoms with Crippen LogP contribution in [0.5, 0.6) is 0 Å². The molecule has 2 saturated carbocycles. The molecule has 0 aliphatic heterocycles. The van der Waals surface area contributed by atoms with Gasteiger partial charge in [0.15, 0.2) is 0 Å². The lowest BCUT2D eigenvalue weighted by atomic mass is 9.49. The number of aryl methyl sites for hydroxylation is 1. The summed E-state index contributed by atoms with van der Waals surface area (Å²) < 4.78 is 10.4. The zero-order chi connectivity index (χ0) is 18.9. The molecule has 0 bridgehead atoms. The third-order valence-corrected chi connectivity index (χ3v) is 6.69. The van der Waals surface area contributed by atoms with Gasteiger partial charge in [0.1, 0.15) is 0 Å². The first-order valence-electron chi connectivity index (χ1n) is 9.51. The Kier molecular flexibility index (Phi) is 5.58. The van der Waals surface area contributed by atoms with E-state index in [2.05, 4.69) is 13.5 Å². The maximum Gasteiger partial charge on any atom is 0.302 e. The number of aliphatic hydroxyl groups excluding tert-OH is 2. The van der Waals surface area contributed by atoms with E-state index >= 15 is 0 Å². The number of rotatable bonds is 5. The summed E-state index contributed by atoms with van der Waals surface area (Å²) >= 11 is 0. The number of esters is 1. The van der Waals surface area contributed by atoms with E-state index in [0.717, 1.165) is 31.2 Å². The van der Waals surface area contributed by atoms with Gasteiger partial charge in [-0.15, -0.1) is 0 Å². The van der Waals surface area contributed by atoms with Gasteiger partial charge in [0.25, 0.3) is 0 Å². The minimum Gasteiger partial charge on any atom is -0.472 e. The number of aliphatic hydroxyl groups is 2. The number of allylic oxidation sites excluding steroid dienone is 1. The highest BCUT2D eigenvalue weighted by Crippen LogP contribution is 2.58. The fourth-order valence-electron chi connectivity index (χ4n) is 5.37. The highest BCUT2D eigenvalue weighted by Gasteiger charge is 2.55. The molecule has 1 aromatic rings. The van der Waals surface area contributed by atoms with Crippen molar-refractivity contribution in [2.75, 3.05) is 6.61 Å². The standard InChI is InChI=1S/C21H30O5/c1-13-4-6-18-16(12-26-14(2)22)20(24)19(23)10-21(18,3)17(13)7-5-15-8-9-25-11-15/h8-9,11,16-20,23-24H,1,4-7,10,12H2,2-3H3/t16-,17+,18+,19+,20-,21-/m0/s1. The number of hydrogen-bond donors (Lipinski definition) is 2. The Bertz CT molecular complexity index is 637. The van der Waals surface area contributed by atoms with Crippen molar-refractivity contribution < 1.29 is 24.2 Å². The first kappa shape index (κ1) is 19.2. The maximum atomic E-state index is 11.3. The molecule has 26 heavy (non-hydrogen) atoms. The zero-order valence-electron chi connectivity index (χ0n) is 15.7. The van der Waals surface area contributed by atoms with Crippen LogP contribution in [0, 0.1) is 23.2 Å². The molecular weight excluding hydrogens is 332 g/mol. The van der Waals surface area contributed by atoms with E-state index in [4.69, 9.17) is 9.15 Å². The molecule has 0 unspecified atom stereocenters. The second-order valence-electron chi connectivity index (χ2n) is 8.26. The number of ether oxygens (including phenoxy) is 1. The summed E-state index contributed by atoms with van der Waals surface area (Å²) in [6.07, 6.45) is 6.00. The summed E-state index contributed by atoms with van der Waals surface area (Å²) in [7, 11) is 0. The maximum absolute atomic E-state index is 11.3. The number of carbonyl (C=O) groups is 1. The van der Waals surface area contributed by atoms with Gasteiger partial charge in [0, 0.05) is 12.8 Å². The van der Waals surface area contributed by atoms with Crippen LogP contribution in [0.1, 0.15) is 45.1 Å². The fourth-order valence-corrected chi connectivity index (χ4v) is 5.37. The minimum atomic E-state index is -0.853. The Labute approximate surface area is 155 Å². The summed E-state index contributed by atoms with van der Waals surface area (Å²) in [5.41, 5.74) is 2.22. The van der Waals surface area contributed by atoms with Crippen molar-refractivity contribution in [1.29, 1.82) is 0 Å². The summed E-state index contributed by atoms with van der Waals surface area (Å²) in [6.45, 7) is 8.07. The molecule has 0 amide bonds. The molecule has 5 heteroatoms. The Morgan fingerprint density at radius 3 is 2.88 bits per heavy atom. The molecule has 3 rings (SSSR count). The van der Waals surface area contributed by atoms with Crippen molar-refractivity contribution in [3.8, 4) is 0 Å². The molecule has 1 aromatic heterocycles. The van der Waals surface area contributed by atoms with Gasteiger partial charge in [0.2, 0.25) is 0 Å². The van der Waals surface area contributed by atoms with Gasteiger partial charge in [0.05, 0.1) is 31.3 Å². The van der Waals surface area contributed by atoms with Gasteiger partial charge in [-0.1, -0.05) is 19.1 Å². The third-order valence-electron chi connectivity index (χ3n) is 6.69. The highest BCUT2D eigenvalue weighted by molar-refractivity contribution is 5.65. The van der Waals surface area contributed by atoms with E-state index in [1.165, 1.54) is 12.5 Å². The van der Waals surface area contributed by atoms with E-state index < -0.39 is 12.2 Å². The van der Waals surface area contributed by atoms with Gasteiger partial charge in [-0.3, -0.25) is 4.79 Å². The molecule has 2 aliphatic carbocycles. The van der Waals surface area contributed by atoms with Gasteiger partial charge in [-0.2, -0.15) is 0 Å². The van der Waals surface area contributed by atoms with Crippen molar-refractivity contribution in [3.63, 3.8) is 0 Å². The summed E-state index contributed by atoms with van der Waals surface area (Å²) in [5, 5.41) is 21.1. The molecule has 2 N–H and O–H groups in total. The zero-order valence-corrected chi connectivity index (χ0v) is 15.7. The number of furan rings is 1. The number of fused-ring (bicyclic) bond motifs is 1. The van der Waals surface area contributed by atoms with Crippen LogP contribution in [0.4, 0.5) is 0 Å². The van der Waals surface area contributed by atoms with Gasteiger partial charge in [-0.25, -0.2) is 0 Å². The summed E-state index contributed by atoms with van der Waals surface area (Å²) in [5.74, 6) is -0.133. The molecular formula is C21H30O5. The third kappa shape index (κ3) is 3.60. The summed E-state index contributed by atoms with van der Waals surface area (Å²) in [4.78, 5) is 11.3. The van der Waals surface area contributed by atoms with Crippen molar-refractivity contribution in [3.05, 3.63) is 36.3 Å². The van der Waals surface area contributed by atoms with Crippen molar-refractivity contribution in [2.24, 2.45) is 23.2 Å². The minimum absolute atomic E-state index is 0.161. The predicted octanol–water partition coefficient (Wildman–Crippen LogP) is 3.11. The lowest BCUT2D eigenvalue weighted by Crippen LogP contribution is -2.57. The van der Waals surface area contributed by atoms with Crippen LogP contribution in [-0.2, 0) is 16.0 Å². The molecule has 0 saturated heterocycles. The Hall–Kier alpha value is -1.59. The van der Waals surface area contributed by atoms with Crippen LogP contribution in [0.3, 0.4) is 0 Å². The topological polar surface area (TPSA) is 79.9 Å². The van der Waals surface area contributed by atoms with Crippen LogP contribution in [-0.4, -0.2) is 35.0 Å². The quantitative estimate of drug-likeness (QED) is 0.621. The van der Waals surface area contributed by atoms with Crippen molar-refractivity contribution in [1.82, 2.24) is 0 Å². The fraction of sp³-hybridized carbons (Fsp3) is 0.667. The monoisotopic (exact) mass is 362 g/mol. The molecule has 2 aliphatic rings. The molecule has 6 atom stereocenters. The van der Waals surface area contributed by atoms with Crippen LogP contribution in [0.25, 0.3) is 0 Å². The Morgan fingerprint density at radius 1 is 1.46 bits per heavy atom. The first-order chi connectivity index (χ1) is 12.3. The summed E-state index contributed by atoms with van der Waals surface area (Å²) in [6, 6.07) is 1.98. The first-order valence-corrected chi connectivity index (χ1v) is 9.51. The van der Waals surface area contributed by atoms with Crippen LogP contribution >= 0.6 is 0 Å². The molecule has 5 nitrogen and oxygen atoms in total. The van der Waals surface area contributed by atoms with E-state index in [0.29, 0.717) is 6.42 Å². The molecule has 2 fully saturated rings. The normalized spacial score (nSPS) is 37.2. The van der Waals surface area contributed by atoms with E-state index in [-0.39, 0.29) is 35.7 Å². The van der Waals surface area contributed by atoms with Gasteiger partial charge < -0.3 is 19.4 Å². The molecule has 0 radical (unpaired) electrons. The van der Waals surface area contributed by atoms with E-state index in [9.17, 15) is 15.0 Å². The van der Waals surface area contributed by atoms with Gasteiger partial charge in [-0.05, 0) is 61.0 Å². The van der Waals surface area contributed by atoms with Crippen molar-refractivity contribution >= 4 is 5.97 Å². The molecule has 1 heterocycles. The van der Waals surface area contributed by atoms with Gasteiger partial charge >= 0.3 is 5.97 Å². The molecule has 144 valence electrons. The average molecular weight is 362 g/mol. The second-order valence-corrected chi connectivity index (χ2v) is 8.26. The SMILES string of the molecule is C=C1CC[C@@H]2[C@H](COC(C)=O)[C@H](O)[C@H](O)C[C@@]2(C)[C@@H]1CCc1ccoc1. The second kappa shape index (κ2) is 7.57. The van der Waals surface area contributed by atoms with E-state index in [1.54, 1.807) is 12.5 Å². The highest BCUT2D eigenvalue weighted by atomic mass is 16.5. The number of hydrogen-bond acceptors (Lipinski definition) is 5. The van der Waals surface area contributed by atoms with Crippen molar-refractivity contribution in [2.45, 2.75) is 58.2 Å². The lowest BCUT2D eigenvalue weighted by Gasteiger charge is -2.57. The smallest absolute Gasteiger partial charge is 0.302 e. The number of carbonyl (C=O) groups excluding carboxylic acids is 1. The van der Waals surface area contributed by atoms with E-state index in [1.807, 2.05) is 6.07 Å². The molecule has 0 spiro atoms. The Morgan fingerprint density at radius 2 is 2.23 bits per heavy atom. The van der Waals surface area contributed by atoms with Crippen LogP contribution in [0.2, 0.25) is 0 Å². The van der Waals surface area contributed by atoms with Crippen LogP contribution in [0.15, 0.2) is 35.2 Å².